The van der Waals surface area contributed by atoms with E-state index in [0.29, 0.717) is 24.5 Å². The molecule has 1 N–H and O–H groups in total. The molecule has 2 heterocycles. The van der Waals surface area contributed by atoms with Crippen molar-refractivity contribution in [3.63, 3.8) is 0 Å². The fourth-order valence-electron chi connectivity index (χ4n) is 2.62. The summed E-state index contributed by atoms with van der Waals surface area (Å²) >= 11 is 6.11. The topological polar surface area (TPSA) is 49.0 Å². The zero-order valence-electron chi connectivity index (χ0n) is 12.0. The highest BCUT2D eigenvalue weighted by molar-refractivity contribution is 6.31. The van der Waals surface area contributed by atoms with Crippen LogP contribution in [-0.2, 0) is 25.7 Å². The highest BCUT2D eigenvalue weighted by Gasteiger charge is 2.35. The van der Waals surface area contributed by atoms with Crippen LogP contribution in [0.3, 0.4) is 0 Å². The number of hydrogen-bond donors (Lipinski definition) is 1. The summed E-state index contributed by atoms with van der Waals surface area (Å²) in [6, 6.07) is 7.35. The molecule has 0 aliphatic carbocycles. The molecule has 1 aromatic heterocycles. The Morgan fingerprint density at radius 3 is 2.74 bits per heavy atom. The van der Waals surface area contributed by atoms with E-state index in [1.165, 1.54) is 0 Å². The summed E-state index contributed by atoms with van der Waals surface area (Å²) in [5.74, 6) is -1.24. The van der Waals surface area contributed by atoms with Crippen LogP contribution < -0.4 is 5.56 Å². The summed E-state index contributed by atoms with van der Waals surface area (Å²) in [5, 5.41) is 0.623. The minimum absolute atomic E-state index is 0.219. The molecule has 0 radical (unpaired) electrons. The van der Waals surface area contributed by atoms with E-state index in [0.717, 1.165) is 5.56 Å². The first-order chi connectivity index (χ1) is 10.8. The van der Waals surface area contributed by atoms with E-state index in [-0.39, 0.29) is 17.8 Å². The zero-order chi connectivity index (χ0) is 16.6. The van der Waals surface area contributed by atoms with Crippen molar-refractivity contribution >= 4 is 11.6 Å². The molecule has 23 heavy (non-hydrogen) atoms. The van der Waals surface area contributed by atoms with Crippen LogP contribution in [0.25, 0.3) is 0 Å². The van der Waals surface area contributed by atoms with E-state index in [1.54, 1.807) is 6.07 Å². The maximum absolute atomic E-state index is 12.7. The third-order valence-electron chi connectivity index (χ3n) is 3.77. The molecule has 3 rings (SSSR count). The van der Waals surface area contributed by atoms with Crippen LogP contribution in [-0.4, -0.2) is 21.4 Å². The van der Waals surface area contributed by atoms with Crippen molar-refractivity contribution in [2.75, 3.05) is 6.54 Å². The molecule has 1 aliphatic heterocycles. The van der Waals surface area contributed by atoms with Gasteiger partial charge in [-0.05, 0) is 11.6 Å². The Morgan fingerprint density at radius 2 is 2.04 bits per heavy atom. The number of aromatic amines is 1. The second-order valence-corrected chi connectivity index (χ2v) is 5.80. The monoisotopic (exact) mass is 343 g/mol. The molecule has 8 heteroatoms. The van der Waals surface area contributed by atoms with Gasteiger partial charge in [0, 0.05) is 31.1 Å². The summed E-state index contributed by atoms with van der Waals surface area (Å²) in [6.45, 7) is 1.30. The van der Waals surface area contributed by atoms with Crippen molar-refractivity contribution in [1.82, 2.24) is 14.9 Å². The standard InChI is InChI=1S/C15H13ClF3N3O/c16-11-4-2-1-3-9(11)7-22-6-5-12-10(8-22)13(23)21-14(20-12)15(17,18)19/h1-4H,5-8H2,(H,20,21,23). The van der Waals surface area contributed by atoms with Crippen molar-refractivity contribution in [3.8, 4) is 0 Å². The summed E-state index contributed by atoms with van der Waals surface area (Å²) < 4.78 is 38.1. The Bertz CT molecular complexity index is 788. The molecule has 1 aromatic carbocycles. The van der Waals surface area contributed by atoms with Crippen LogP contribution in [0.4, 0.5) is 13.2 Å². The van der Waals surface area contributed by atoms with Crippen molar-refractivity contribution in [1.29, 1.82) is 0 Å². The molecule has 0 saturated carbocycles. The summed E-state index contributed by atoms with van der Waals surface area (Å²) in [7, 11) is 0. The van der Waals surface area contributed by atoms with Crippen molar-refractivity contribution < 1.29 is 13.2 Å². The number of alkyl halides is 3. The van der Waals surface area contributed by atoms with Crippen LogP contribution >= 0.6 is 11.6 Å². The van der Waals surface area contributed by atoms with Gasteiger partial charge in [0.15, 0.2) is 0 Å². The van der Waals surface area contributed by atoms with Crippen LogP contribution in [0.1, 0.15) is 22.6 Å². The number of nitrogens with zero attached hydrogens (tertiary/aromatic N) is 2. The van der Waals surface area contributed by atoms with Gasteiger partial charge in [-0.3, -0.25) is 9.69 Å². The molecule has 0 fully saturated rings. The van der Waals surface area contributed by atoms with Crippen LogP contribution in [0.2, 0.25) is 5.02 Å². The lowest BCUT2D eigenvalue weighted by Crippen LogP contribution is -2.36. The third kappa shape index (κ3) is 3.40. The maximum Gasteiger partial charge on any atom is 0.449 e. The van der Waals surface area contributed by atoms with E-state index >= 15 is 0 Å². The third-order valence-corrected chi connectivity index (χ3v) is 4.14. The van der Waals surface area contributed by atoms with Gasteiger partial charge in [-0.1, -0.05) is 29.8 Å². The lowest BCUT2D eigenvalue weighted by molar-refractivity contribution is -0.145. The first kappa shape index (κ1) is 16.0. The lowest BCUT2D eigenvalue weighted by Gasteiger charge is -2.28. The molecule has 0 bridgehead atoms. The largest absolute Gasteiger partial charge is 0.449 e. The SMILES string of the molecule is O=c1[nH]c(C(F)(F)F)nc2c1CN(Cc1ccccc1Cl)CC2. The number of aromatic nitrogens is 2. The first-order valence-electron chi connectivity index (χ1n) is 6.99. The molecule has 122 valence electrons. The van der Waals surface area contributed by atoms with Crippen LogP contribution in [0.5, 0.6) is 0 Å². The van der Waals surface area contributed by atoms with Gasteiger partial charge in [0.2, 0.25) is 5.82 Å². The van der Waals surface area contributed by atoms with E-state index in [1.807, 2.05) is 28.1 Å². The van der Waals surface area contributed by atoms with E-state index in [9.17, 15) is 18.0 Å². The maximum atomic E-state index is 12.7. The Kier molecular flexibility index (Phi) is 4.16. The fourth-order valence-corrected chi connectivity index (χ4v) is 2.81. The Balaban J connectivity index is 1.84. The lowest BCUT2D eigenvalue weighted by atomic mass is 10.1. The predicted octanol–water partition coefficient (Wildman–Crippen LogP) is 3.00. The predicted molar refractivity (Wildman–Crippen MR) is 79.1 cm³/mol. The molecule has 4 nitrogen and oxygen atoms in total. The molecule has 2 aromatic rings. The van der Waals surface area contributed by atoms with Crippen molar-refractivity contribution in [3.05, 3.63) is 62.3 Å². The Hall–Kier alpha value is -1.86. The summed E-state index contributed by atoms with van der Waals surface area (Å²) in [5.41, 5.74) is 0.688. The van der Waals surface area contributed by atoms with E-state index in [2.05, 4.69) is 4.98 Å². The van der Waals surface area contributed by atoms with Crippen LogP contribution in [0.15, 0.2) is 29.1 Å². The van der Waals surface area contributed by atoms with E-state index < -0.39 is 17.6 Å². The molecule has 0 saturated heterocycles. The Labute approximate surface area is 134 Å². The van der Waals surface area contributed by atoms with Gasteiger partial charge in [-0.15, -0.1) is 0 Å². The number of H-pyrrole nitrogens is 1. The fraction of sp³-hybridized carbons (Fsp3) is 0.333. The summed E-state index contributed by atoms with van der Waals surface area (Å²) in [4.78, 5) is 19.3. The average molecular weight is 344 g/mol. The molecular weight excluding hydrogens is 331 g/mol. The number of rotatable bonds is 2. The minimum Gasteiger partial charge on any atom is -0.303 e. The Morgan fingerprint density at radius 1 is 1.30 bits per heavy atom. The highest BCUT2D eigenvalue weighted by Crippen LogP contribution is 2.27. The zero-order valence-corrected chi connectivity index (χ0v) is 12.7. The average Bonchev–Trinajstić information content (AvgIpc) is 2.49. The van der Waals surface area contributed by atoms with Gasteiger partial charge in [0.05, 0.1) is 11.3 Å². The second kappa shape index (κ2) is 5.98. The number of nitrogens with one attached hydrogen (secondary N) is 1. The van der Waals surface area contributed by atoms with E-state index in [4.69, 9.17) is 11.6 Å². The molecule has 1 aliphatic rings. The van der Waals surface area contributed by atoms with Gasteiger partial charge in [0.1, 0.15) is 0 Å². The van der Waals surface area contributed by atoms with Gasteiger partial charge >= 0.3 is 6.18 Å². The van der Waals surface area contributed by atoms with Crippen molar-refractivity contribution in [2.45, 2.75) is 25.7 Å². The van der Waals surface area contributed by atoms with Crippen molar-refractivity contribution in [2.24, 2.45) is 0 Å². The first-order valence-corrected chi connectivity index (χ1v) is 7.37. The minimum atomic E-state index is -4.65. The van der Waals surface area contributed by atoms with Gasteiger partial charge < -0.3 is 4.98 Å². The summed E-state index contributed by atoms with van der Waals surface area (Å²) in [6.07, 6.45) is -4.35. The number of hydrogen-bond acceptors (Lipinski definition) is 3. The molecule has 0 atom stereocenters. The molecule has 0 unspecified atom stereocenters. The molecular formula is C15H13ClF3N3O. The molecule has 0 amide bonds. The number of halogens is 4. The smallest absolute Gasteiger partial charge is 0.303 e. The second-order valence-electron chi connectivity index (χ2n) is 5.39. The van der Waals surface area contributed by atoms with Gasteiger partial charge in [-0.2, -0.15) is 13.2 Å². The normalized spacial score (nSPS) is 15.5. The highest BCUT2D eigenvalue weighted by atomic mass is 35.5. The number of fused-ring (bicyclic) bond motifs is 1. The molecule has 0 spiro atoms. The quantitative estimate of drug-likeness (QED) is 0.912. The van der Waals surface area contributed by atoms with Gasteiger partial charge in [-0.25, -0.2) is 4.98 Å². The van der Waals surface area contributed by atoms with Crippen LogP contribution in [0, 0.1) is 0 Å². The number of benzene rings is 1. The van der Waals surface area contributed by atoms with Gasteiger partial charge in [0.25, 0.3) is 5.56 Å².